The van der Waals surface area contributed by atoms with Crippen molar-refractivity contribution in [3.63, 3.8) is 0 Å². The Bertz CT molecular complexity index is 581. The van der Waals surface area contributed by atoms with Gasteiger partial charge in [0.2, 0.25) is 0 Å². The molecular formula is C15H19ClN2S. The molecule has 19 heavy (non-hydrogen) atoms. The van der Waals surface area contributed by atoms with Gasteiger partial charge in [-0.15, -0.1) is 11.3 Å². The molecular weight excluding hydrogens is 276 g/mol. The summed E-state index contributed by atoms with van der Waals surface area (Å²) < 4.78 is 1.20. The molecule has 0 spiro atoms. The summed E-state index contributed by atoms with van der Waals surface area (Å²) in [6.07, 6.45) is 3.86. The second-order valence-corrected chi connectivity index (χ2v) is 7.06. The number of benzene rings is 1. The number of fused-ring (bicyclic) bond motifs is 1. The molecule has 1 aromatic carbocycles. The minimum Gasteiger partial charge on any atom is -0.379 e. The summed E-state index contributed by atoms with van der Waals surface area (Å²) in [5, 5.41) is 4.45. The molecule has 3 atom stereocenters. The molecule has 2 nitrogen and oxygen atoms in total. The van der Waals surface area contributed by atoms with Crippen LogP contribution in [0.4, 0.5) is 5.69 Å². The van der Waals surface area contributed by atoms with E-state index >= 15 is 0 Å². The van der Waals surface area contributed by atoms with Gasteiger partial charge in [-0.3, -0.25) is 0 Å². The summed E-state index contributed by atoms with van der Waals surface area (Å²) in [6, 6.07) is 4.53. The number of halogens is 1. The summed E-state index contributed by atoms with van der Waals surface area (Å²) in [4.78, 5) is 4.46. The molecule has 0 bridgehead atoms. The molecule has 1 aromatic heterocycles. The zero-order valence-electron chi connectivity index (χ0n) is 11.3. The van der Waals surface area contributed by atoms with Crippen LogP contribution in [0.3, 0.4) is 0 Å². The lowest BCUT2D eigenvalue weighted by atomic mass is 9.80. The van der Waals surface area contributed by atoms with Crippen molar-refractivity contribution >= 4 is 38.8 Å². The van der Waals surface area contributed by atoms with E-state index < -0.39 is 0 Å². The molecule has 0 amide bonds. The van der Waals surface area contributed by atoms with E-state index in [1.807, 2.05) is 17.6 Å². The first-order valence-corrected chi connectivity index (χ1v) is 8.19. The molecule has 1 heterocycles. The van der Waals surface area contributed by atoms with E-state index in [0.29, 0.717) is 12.0 Å². The monoisotopic (exact) mass is 294 g/mol. The van der Waals surface area contributed by atoms with Crippen molar-refractivity contribution < 1.29 is 0 Å². The summed E-state index contributed by atoms with van der Waals surface area (Å²) in [5.74, 6) is 1.49. The van der Waals surface area contributed by atoms with Crippen LogP contribution >= 0.6 is 22.9 Å². The second kappa shape index (κ2) is 5.29. The minimum absolute atomic E-state index is 0.508. The highest BCUT2D eigenvalue weighted by Crippen LogP contribution is 2.36. The SMILES string of the molecule is CC1CCC(C)C(Nc2c(Cl)ccc3scnc23)C1. The number of anilines is 1. The number of aromatic nitrogens is 1. The first-order chi connectivity index (χ1) is 9.15. The maximum Gasteiger partial charge on any atom is 0.106 e. The van der Waals surface area contributed by atoms with Gasteiger partial charge in [-0.05, 0) is 36.8 Å². The third-order valence-electron chi connectivity index (χ3n) is 4.24. The third kappa shape index (κ3) is 2.59. The van der Waals surface area contributed by atoms with Crippen LogP contribution in [-0.2, 0) is 0 Å². The quantitative estimate of drug-likeness (QED) is 0.825. The Hall–Kier alpha value is -0.800. The van der Waals surface area contributed by atoms with E-state index in [2.05, 4.69) is 24.1 Å². The van der Waals surface area contributed by atoms with Crippen LogP contribution in [0.15, 0.2) is 17.6 Å². The predicted octanol–water partition coefficient (Wildman–Crippen LogP) is 5.19. The van der Waals surface area contributed by atoms with E-state index in [1.54, 1.807) is 11.3 Å². The highest BCUT2D eigenvalue weighted by atomic mass is 35.5. The van der Waals surface area contributed by atoms with Gasteiger partial charge in [0.05, 0.1) is 20.9 Å². The summed E-state index contributed by atoms with van der Waals surface area (Å²) in [5.41, 5.74) is 3.92. The van der Waals surface area contributed by atoms with Gasteiger partial charge in [-0.2, -0.15) is 0 Å². The smallest absolute Gasteiger partial charge is 0.106 e. The molecule has 1 N–H and O–H groups in total. The van der Waals surface area contributed by atoms with Gasteiger partial charge < -0.3 is 5.32 Å². The lowest BCUT2D eigenvalue weighted by Gasteiger charge is -2.34. The fourth-order valence-electron chi connectivity index (χ4n) is 2.96. The molecule has 0 radical (unpaired) electrons. The Labute approximate surface area is 123 Å². The fourth-order valence-corrected chi connectivity index (χ4v) is 3.85. The standard InChI is InChI=1S/C15H19ClN2S/c1-9-3-4-10(2)12(7-9)18-14-11(16)5-6-13-15(14)17-8-19-13/h5-6,8-10,12,18H,3-4,7H2,1-2H3. The van der Waals surface area contributed by atoms with Crippen LogP contribution in [0.25, 0.3) is 10.2 Å². The molecule has 3 unspecified atom stereocenters. The van der Waals surface area contributed by atoms with Crippen LogP contribution in [-0.4, -0.2) is 11.0 Å². The predicted molar refractivity (Wildman–Crippen MR) is 84.2 cm³/mol. The van der Waals surface area contributed by atoms with Gasteiger partial charge in [0.25, 0.3) is 0 Å². The Morgan fingerprint density at radius 3 is 3.00 bits per heavy atom. The van der Waals surface area contributed by atoms with Crippen molar-refractivity contribution in [2.24, 2.45) is 11.8 Å². The number of hydrogen-bond donors (Lipinski definition) is 1. The normalized spacial score (nSPS) is 27.6. The van der Waals surface area contributed by atoms with E-state index in [9.17, 15) is 0 Å². The van der Waals surface area contributed by atoms with E-state index in [4.69, 9.17) is 11.6 Å². The number of thiazole rings is 1. The highest BCUT2D eigenvalue weighted by Gasteiger charge is 2.26. The van der Waals surface area contributed by atoms with Gasteiger partial charge >= 0.3 is 0 Å². The fraction of sp³-hybridized carbons (Fsp3) is 0.533. The number of hydrogen-bond acceptors (Lipinski definition) is 3. The second-order valence-electron chi connectivity index (χ2n) is 5.77. The zero-order valence-corrected chi connectivity index (χ0v) is 12.9. The van der Waals surface area contributed by atoms with Gasteiger partial charge in [0.1, 0.15) is 5.52 Å². The number of rotatable bonds is 2. The van der Waals surface area contributed by atoms with Crippen LogP contribution in [0.2, 0.25) is 5.02 Å². The average Bonchev–Trinajstić information content (AvgIpc) is 2.85. The van der Waals surface area contributed by atoms with Crippen molar-refractivity contribution in [1.29, 1.82) is 0 Å². The number of nitrogens with one attached hydrogen (secondary N) is 1. The van der Waals surface area contributed by atoms with Gasteiger partial charge in [0, 0.05) is 6.04 Å². The Morgan fingerprint density at radius 1 is 1.32 bits per heavy atom. The molecule has 4 heteroatoms. The van der Waals surface area contributed by atoms with Crippen molar-refractivity contribution in [1.82, 2.24) is 4.98 Å². The summed E-state index contributed by atoms with van der Waals surface area (Å²) >= 11 is 8.03. The molecule has 0 saturated heterocycles. The highest BCUT2D eigenvalue weighted by molar-refractivity contribution is 7.16. The van der Waals surface area contributed by atoms with Crippen molar-refractivity contribution in [2.75, 3.05) is 5.32 Å². The molecule has 2 aromatic rings. The molecule has 1 aliphatic carbocycles. The van der Waals surface area contributed by atoms with E-state index in [-0.39, 0.29) is 0 Å². The minimum atomic E-state index is 0.508. The summed E-state index contributed by atoms with van der Waals surface area (Å²) in [6.45, 7) is 4.67. The van der Waals surface area contributed by atoms with Crippen molar-refractivity contribution in [2.45, 2.75) is 39.2 Å². The van der Waals surface area contributed by atoms with Crippen molar-refractivity contribution in [3.05, 3.63) is 22.7 Å². The maximum atomic E-state index is 6.37. The molecule has 1 fully saturated rings. The van der Waals surface area contributed by atoms with Crippen LogP contribution in [0.1, 0.15) is 33.1 Å². The van der Waals surface area contributed by atoms with Gasteiger partial charge in [0.15, 0.2) is 0 Å². The third-order valence-corrected chi connectivity index (χ3v) is 5.35. The molecule has 1 aliphatic rings. The van der Waals surface area contributed by atoms with Crippen LogP contribution in [0.5, 0.6) is 0 Å². The Morgan fingerprint density at radius 2 is 2.16 bits per heavy atom. The van der Waals surface area contributed by atoms with Gasteiger partial charge in [-0.1, -0.05) is 31.9 Å². The van der Waals surface area contributed by atoms with Crippen LogP contribution in [0, 0.1) is 11.8 Å². The van der Waals surface area contributed by atoms with Gasteiger partial charge in [-0.25, -0.2) is 4.98 Å². The molecule has 0 aliphatic heterocycles. The largest absolute Gasteiger partial charge is 0.379 e. The zero-order chi connectivity index (χ0) is 13.4. The first-order valence-electron chi connectivity index (χ1n) is 6.93. The Kier molecular flexibility index (Phi) is 3.68. The lowest BCUT2D eigenvalue weighted by molar-refractivity contribution is 0.281. The summed E-state index contributed by atoms with van der Waals surface area (Å²) in [7, 11) is 0. The van der Waals surface area contributed by atoms with E-state index in [0.717, 1.165) is 22.1 Å². The number of nitrogens with zero attached hydrogens (tertiary/aromatic N) is 1. The van der Waals surface area contributed by atoms with Crippen LogP contribution < -0.4 is 5.32 Å². The first kappa shape index (κ1) is 13.2. The topological polar surface area (TPSA) is 24.9 Å². The molecule has 1 saturated carbocycles. The maximum absolute atomic E-state index is 6.37. The molecule has 3 rings (SSSR count). The average molecular weight is 295 g/mol. The molecule has 102 valence electrons. The van der Waals surface area contributed by atoms with Crippen molar-refractivity contribution in [3.8, 4) is 0 Å². The Balaban J connectivity index is 1.91. The lowest BCUT2D eigenvalue weighted by Crippen LogP contribution is -2.33. The van der Waals surface area contributed by atoms with E-state index in [1.165, 1.54) is 24.0 Å².